The third-order valence-corrected chi connectivity index (χ3v) is 5.04. The number of aryl methyl sites for hydroxylation is 1. The average molecular weight is 365 g/mol. The van der Waals surface area contributed by atoms with Crippen molar-refractivity contribution in [1.29, 1.82) is 0 Å². The molecule has 6 nitrogen and oxygen atoms in total. The van der Waals surface area contributed by atoms with Crippen molar-refractivity contribution in [2.24, 2.45) is 5.92 Å². The first-order valence-electron chi connectivity index (χ1n) is 8.30. The molecular weight excluding hydrogens is 344 g/mol. The van der Waals surface area contributed by atoms with E-state index in [1.807, 2.05) is 6.92 Å². The Labute approximate surface area is 149 Å². The first kappa shape index (κ1) is 18.6. The number of aromatic nitrogens is 2. The van der Waals surface area contributed by atoms with Gasteiger partial charge in [0.2, 0.25) is 0 Å². The van der Waals surface area contributed by atoms with Gasteiger partial charge in [-0.1, -0.05) is 6.07 Å². The minimum Gasteiger partial charge on any atom is -0.390 e. The van der Waals surface area contributed by atoms with Gasteiger partial charge in [-0.15, -0.1) is 0 Å². The predicted molar refractivity (Wildman–Crippen MR) is 90.4 cm³/mol. The molecule has 140 valence electrons. The molecule has 1 aromatic heterocycles. The number of benzene rings is 1. The maximum atomic E-state index is 13.4. The summed E-state index contributed by atoms with van der Waals surface area (Å²) >= 11 is 0. The molecule has 0 radical (unpaired) electrons. The van der Waals surface area contributed by atoms with Crippen LogP contribution in [0.15, 0.2) is 30.6 Å². The van der Waals surface area contributed by atoms with Crippen LogP contribution in [0, 0.1) is 24.5 Å². The molecule has 1 aliphatic carbocycles. The third kappa shape index (κ3) is 3.40. The van der Waals surface area contributed by atoms with Gasteiger partial charge in [-0.25, -0.2) is 18.7 Å². The summed E-state index contributed by atoms with van der Waals surface area (Å²) in [4.78, 5) is 9.91. The second-order valence-corrected chi connectivity index (χ2v) is 6.69. The molecule has 5 atom stereocenters. The monoisotopic (exact) mass is 365 g/mol. The Morgan fingerprint density at radius 2 is 1.85 bits per heavy atom. The van der Waals surface area contributed by atoms with E-state index >= 15 is 0 Å². The Bertz CT molecular complexity index is 792. The van der Waals surface area contributed by atoms with Crippen molar-refractivity contribution in [3.8, 4) is 0 Å². The van der Waals surface area contributed by atoms with Gasteiger partial charge < -0.3 is 20.2 Å². The van der Waals surface area contributed by atoms with E-state index < -0.39 is 41.9 Å². The summed E-state index contributed by atoms with van der Waals surface area (Å²) in [6, 6.07) is 4.36. The number of nitrogens with zero attached hydrogens (tertiary/aromatic N) is 3. The molecule has 26 heavy (non-hydrogen) atoms. The number of rotatable bonds is 4. The van der Waals surface area contributed by atoms with Gasteiger partial charge in [-0.2, -0.15) is 0 Å². The summed E-state index contributed by atoms with van der Waals surface area (Å²) in [5.74, 6) is -2.23. The van der Waals surface area contributed by atoms with E-state index in [1.54, 1.807) is 18.0 Å². The molecule has 0 spiro atoms. The molecule has 0 unspecified atom stereocenters. The molecular formula is C18H21F2N3O3. The van der Waals surface area contributed by atoms with Crippen LogP contribution in [0.2, 0.25) is 0 Å². The zero-order valence-corrected chi connectivity index (χ0v) is 14.4. The van der Waals surface area contributed by atoms with Gasteiger partial charge in [0.1, 0.15) is 18.2 Å². The predicted octanol–water partition coefficient (Wildman–Crippen LogP) is 1.34. The molecule has 1 saturated carbocycles. The van der Waals surface area contributed by atoms with Crippen LogP contribution < -0.4 is 4.90 Å². The van der Waals surface area contributed by atoms with E-state index in [0.29, 0.717) is 5.82 Å². The van der Waals surface area contributed by atoms with Crippen molar-refractivity contribution in [2.75, 3.05) is 11.9 Å². The zero-order valence-electron chi connectivity index (χ0n) is 14.4. The highest BCUT2D eigenvalue weighted by atomic mass is 19.2. The van der Waals surface area contributed by atoms with Crippen molar-refractivity contribution in [3.05, 3.63) is 53.5 Å². The highest BCUT2D eigenvalue weighted by Crippen LogP contribution is 2.39. The van der Waals surface area contributed by atoms with Crippen LogP contribution in [0.3, 0.4) is 0 Å². The fourth-order valence-corrected chi connectivity index (χ4v) is 3.49. The Hall–Kier alpha value is -2.16. The van der Waals surface area contributed by atoms with E-state index in [0.717, 1.165) is 17.8 Å². The van der Waals surface area contributed by atoms with Crippen LogP contribution in [-0.2, 0) is 0 Å². The van der Waals surface area contributed by atoms with Gasteiger partial charge in [-0.3, -0.25) is 0 Å². The molecule has 1 heterocycles. The average Bonchev–Trinajstić information content (AvgIpc) is 2.91. The van der Waals surface area contributed by atoms with Crippen molar-refractivity contribution in [2.45, 2.75) is 37.7 Å². The molecule has 8 heteroatoms. The van der Waals surface area contributed by atoms with Crippen molar-refractivity contribution in [3.63, 3.8) is 0 Å². The topological polar surface area (TPSA) is 89.7 Å². The van der Waals surface area contributed by atoms with E-state index in [1.165, 1.54) is 12.4 Å². The van der Waals surface area contributed by atoms with Gasteiger partial charge in [-0.05, 0) is 31.0 Å². The second-order valence-electron chi connectivity index (χ2n) is 6.69. The smallest absolute Gasteiger partial charge is 0.159 e. The molecule has 2 aromatic rings. The second kappa shape index (κ2) is 7.22. The lowest BCUT2D eigenvalue weighted by Crippen LogP contribution is -2.41. The fraction of sp³-hybridized carbons (Fsp3) is 0.444. The first-order chi connectivity index (χ1) is 12.3. The SMILES string of the molecule is Cc1cc(N(C)[C@@H]2C[C@H]([C@@H](O)c3ccc(F)c(F)c3)[C@@H](O)[C@H]2O)ncn1. The normalized spacial score (nSPS) is 26.7. The lowest BCUT2D eigenvalue weighted by molar-refractivity contribution is -0.0232. The standard InChI is InChI=1S/C18H21F2N3O3/c1-9-5-15(22-8-21-9)23(2)14-7-11(17(25)18(14)26)16(24)10-3-4-12(19)13(20)6-10/h3-6,8,11,14,16-18,24-26H,7H2,1-2H3/t11-,14-,16+,17-,18+/m1/s1. The van der Waals surface area contributed by atoms with Crippen molar-refractivity contribution < 1.29 is 24.1 Å². The summed E-state index contributed by atoms with van der Waals surface area (Å²) in [6.07, 6.45) is -1.91. The number of anilines is 1. The molecule has 0 saturated heterocycles. The van der Waals surface area contributed by atoms with Gasteiger partial charge in [0.05, 0.1) is 18.2 Å². The Kier molecular flexibility index (Phi) is 5.17. The number of halogens is 2. The van der Waals surface area contributed by atoms with Crippen molar-refractivity contribution in [1.82, 2.24) is 9.97 Å². The number of likely N-dealkylation sites (N-methyl/N-ethyl adjacent to an activating group) is 1. The lowest BCUT2D eigenvalue weighted by atomic mass is 9.92. The highest BCUT2D eigenvalue weighted by Gasteiger charge is 2.46. The molecule has 0 aliphatic heterocycles. The number of aliphatic hydroxyl groups is 3. The van der Waals surface area contributed by atoms with Gasteiger partial charge in [0, 0.05) is 24.7 Å². The van der Waals surface area contributed by atoms with Crippen LogP contribution >= 0.6 is 0 Å². The van der Waals surface area contributed by atoms with Gasteiger partial charge in [0.25, 0.3) is 0 Å². The first-order valence-corrected chi connectivity index (χ1v) is 8.30. The van der Waals surface area contributed by atoms with Crippen LogP contribution in [0.1, 0.15) is 23.8 Å². The molecule has 1 aliphatic rings. The number of hydrogen-bond donors (Lipinski definition) is 3. The minimum atomic E-state index is -1.24. The van der Waals surface area contributed by atoms with Gasteiger partial charge >= 0.3 is 0 Å². The number of aliphatic hydroxyl groups excluding tert-OH is 3. The maximum Gasteiger partial charge on any atom is 0.159 e. The largest absolute Gasteiger partial charge is 0.390 e. The van der Waals surface area contributed by atoms with Crippen LogP contribution in [0.25, 0.3) is 0 Å². The lowest BCUT2D eigenvalue weighted by Gasteiger charge is -2.28. The molecule has 1 aromatic carbocycles. The molecule has 0 bridgehead atoms. The highest BCUT2D eigenvalue weighted by molar-refractivity contribution is 5.40. The van der Waals surface area contributed by atoms with Crippen LogP contribution in [0.4, 0.5) is 14.6 Å². The third-order valence-electron chi connectivity index (χ3n) is 5.04. The van der Waals surface area contributed by atoms with Crippen LogP contribution in [0.5, 0.6) is 0 Å². The van der Waals surface area contributed by atoms with Gasteiger partial charge in [0.15, 0.2) is 11.6 Å². The zero-order chi connectivity index (χ0) is 19.0. The molecule has 3 rings (SSSR count). The molecule has 3 N–H and O–H groups in total. The minimum absolute atomic E-state index is 0.154. The Morgan fingerprint density at radius 1 is 1.12 bits per heavy atom. The van der Waals surface area contributed by atoms with E-state index in [9.17, 15) is 24.1 Å². The summed E-state index contributed by atoms with van der Waals surface area (Å²) in [7, 11) is 1.73. The van der Waals surface area contributed by atoms with E-state index in [4.69, 9.17) is 0 Å². The molecule has 1 fully saturated rings. The Morgan fingerprint density at radius 3 is 2.50 bits per heavy atom. The summed E-state index contributed by atoms with van der Waals surface area (Å²) in [5.41, 5.74) is 0.912. The van der Waals surface area contributed by atoms with Crippen molar-refractivity contribution >= 4 is 5.82 Å². The summed E-state index contributed by atoms with van der Waals surface area (Å²) < 4.78 is 26.5. The Balaban J connectivity index is 1.81. The summed E-state index contributed by atoms with van der Waals surface area (Å²) in [6.45, 7) is 1.81. The van der Waals surface area contributed by atoms with E-state index in [2.05, 4.69) is 9.97 Å². The fourth-order valence-electron chi connectivity index (χ4n) is 3.49. The summed E-state index contributed by atoms with van der Waals surface area (Å²) in [5, 5.41) is 31.4. The quantitative estimate of drug-likeness (QED) is 0.758. The van der Waals surface area contributed by atoms with Crippen LogP contribution in [-0.4, -0.2) is 50.6 Å². The van der Waals surface area contributed by atoms with E-state index in [-0.39, 0.29) is 12.0 Å². The number of hydrogen-bond acceptors (Lipinski definition) is 6. The molecule has 0 amide bonds. The maximum absolute atomic E-state index is 13.4.